The van der Waals surface area contributed by atoms with Crippen molar-refractivity contribution in [3.05, 3.63) is 40.9 Å². The van der Waals surface area contributed by atoms with Crippen LogP contribution in [0.15, 0.2) is 24.5 Å². The van der Waals surface area contributed by atoms with Gasteiger partial charge in [0.25, 0.3) is 0 Å². The molecule has 4 nitrogen and oxygen atoms in total. The van der Waals surface area contributed by atoms with Gasteiger partial charge in [0.05, 0.1) is 0 Å². The molecule has 0 saturated carbocycles. The fourth-order valence-electron chi connectivity index (χ4n) is 2.00. The van der Waals surface area contributed by atoms with Crippen LogP contribution in [0.2, 0.25) is 5.02 Å². The number of halogens is 2. The van der Waals surface area contributed by atoms with Crippen molar-refractivity contribution in [2.45, 2.75) is 19.8 Å². The highest BCUT2D eigenvalue weighted by atomic mass is 35.5. The Labute approximate surface area is 122 Å². The molecule has 106 valence electrons. The Hall–Kier alpha value is -1.88. The lowest BCUT2D eigenvalue weighted by atomic mass is 10.0. The third-order valence-electron chi connectivity index (χ3n) is 2.82. The summed E-state index contributed by atoms with van der Waals surface area (Å²) < 4.78 is 13.4. The minimum absolute atomic E-state index is 0.213. The largest absolute Gasteiger partial charge is 0.373 e. The molecule has 2 rings (SSSR count). The number of hydrogen-bond donors (Lipinski definition) is 2. The molecule has 20 heavy (non-hydrogen) atoms. The van der Waals surface area contributed by atoms with E-state index in [-0.39, 0.29) is 5.92 Å². The van der Waals surface area contributed by atoms with E-state index in [0.717, 1.165) is 11.4 Å². The molecule has 0 amide bonds. The molecule has 0 radical (unpaired) electrons. The molecular formula is C14H16ClFN4. The number of anilines is 3. The molecule has 2 N–H and O–H groups in total. The number of nitrogens with zero attached hydrogens (tertiary/aromatic N) is 2. The molecule has 6 heteroatoms. The summed E-state index contributed by atoms with van der Waals surface area (Å²) in [5.74, 6) is 1.21. The van der Waals surface area contributed by atoms with Crippen LogP contribution in [0.25, 0.3) is 0 Å². The minimum atomic E-state index is -0.394. The highest BCUT2D eigenvalue weighted by molar-refractivity contribution is 6.30. The van der Waals surface area contributed by atoms with Crippen LogP contribution in [0.1, 0.15) is 25.3 Å². The molecule has 0 spiro atoms. The summed E-state index contributed by atoms with van der Waals surface area (Å²) >= 11 is 5.85. The Bertz CT molecular complexity index is 596. The van der Waals surface area contributed by atoms with Gasteiger partial charge in [-0.3, -0.25) is 0 Å². The van der Waals surface area contributed by atoms with Crippen molar-refractivity contribution < 1.29 is 4.39 Å². The van der Waals surface area contributed by atoms with Crippen LogP contribution in [-0.4, -0.2) is 17.0 Å². The van der Waals surface area contributed by atoms with E-state index in [2.05, 4.69) is 20.6 Å². The monoisotopic (exact) mass is 294 g/mol. The molecule has 1 aromatic carbocycles. The van der Waals surface area contributed by atoms with Crippen LogP contribution in [-0.2, 0) is 0 Å². The first kappa shape index (κ1) is 14.5. The van der Waals surface area contributed by atoms with Crippen molar-refractivity contribution in [2.24, 2.45) is 0 Å². The first-order valence-corrected chi connectivity index (χ1v) is 6.64. The molecular weight excluding hydrogens is 279 g/mol. The number of benzene rings is 1. The lowest BCUT2D eigenvalue weighted by molar-refractivity contribution is 0.628. The first-order chi connectivity index (χ1) is 9.51. The van der Waals surface area contributed by atoms with Gasteiger partial charge < -0.3 is 10.6 Å². The molecule has 0 aliphatic rings. The van der Waals surface area contributed by atoms with Gasteiger partial charge in [-0.15, -0.1) is 0 Å². The van der Waals surface area contributed by atoms with E-state index in [1.165, 1.54) is 18.5 Å². The van der Waals surface area contributed by atoms with Crippen LogP contribution in [0.3, 0.4) is 0 Å². The highest BCUT2D eigenvalue weighted by Gasteiger charge is 2.14. The standard InChI is InChI=1S/C14H16ClFN4/c1-8(2)12-13(17-3)18-7-19-14(12)20-11-5-9(15)4-10(16)6-11/h4-8H,1-3H3,(H2,17,18,19,20). The molecule has 2 aromatic rings. The Morgan fingerprint density at radius 3 is 2.45 bits per heavy atom. The second kappa shape index (κ2) is 6.05. The van der Waals surface area contributed by atoms with Gasteiger partial charge in [0.15, 0.2) is 0 Å². The molecule has 1 aromatic heterocycles. The minimum Gasteiger partial charge on any atom is -0.373 e. The van der Waals surface area contributed by atoms with Crippen molar-refractivity contribution in [1.29, 1.82) is 0 Å². The van der Waals surface area contributed by atoms with Gasteiger partial charge in [-0.1, -0.05) is 25.4 Å². The van der Waals surface area contributed by atoms with Crippen molar-refractivity contribution in [3.8, 4) is 0 Å². The molecule has 0 saturated heterocycles. The van der Waals surface area contributed by atoms with Gasteiger partial charge in [0.2, 0.25) is 0 Å². The zero-order valence-corrected chi connectivity index (χ0v) is 12.3. The molecule has 0 aliphatic carbocycles. The Morgan fingerprint density at radius 1 is 1.15 bits per heavy atom. The van der Waals surface area contributed by atoms with E-state index in [0.29, 0.717) is 16.5 Å². The summed E-state index contributed by atoms with van der Waals surface area (Å²) in [6.07, 6.45) is 1.46. The molecule has 0 atom stereocenters. The third-order valence-corrected chi connectivity index (χ3v) is 3.04. The Kier molecular flexibility index (Phi) is 4.39. The van der Waals surface area contributed by atoms with Crippen LogP contribution >= 0.6 is 11.6 Å². The predicted octanol–water partition coefficient (Wildman–Crippen LogP) is 4.18. The summed E-state index contributed by atoms with van der Waals surface area (Å²) in [5.41, 5.74) is 1.49. The number of aromatic nitrogens is 2. The molecule has 1 heterocycles. The second-order valence-electron chi connectivity index (χ2n) is 4.67. The van der Waals surface area contributed by atoms with Crippen LogP contribution in [0.5, 0.6) is 0 Å². The molecule has 0 aliphatic heterocycles. The average Bonchev–Trinajstić information content (AvgIpc) is 2.36. The van der Waals surface area contributed by atoms with E-state index in [1.54, 1.807) is 13.1 Å². The summed E-state index contributed by atoms with van der Waals surface area (Å²) in [4.78, 5) is 8.43. The SMILES string of the molecule is CNc1ncnc(Nc2cc(F)cc(Cl)c2)c1C(C)C. The van der Waals surface area contributed by atoms with E-state index < -0.39 is 5.82 Å². The maximum absolute atomic E-state index is 13.4. The Balaban J connectivity index is 2.42. The average molecular weight is 295 g/mol. The fraction of sp³-hybridized carbons (Fsp3) is 0.286. The van der Waals surface area contributed by atoms with Crippen LogP contribution < -0.4 is 10.6 Å². The summed E-state index contributed by atoms with van der Waals surface area (Å²) in [6.45, 7) is 4.09. The number of rotatable bonds is 4. The highest BCUT2D eigenvalue weighted by Crippen LogP contribution is 2.30. The smallest absolute Gasteiger partial charge is 0.139 e. The van der Waals surface area contributed by atoms with Crippen LogP contribution in [0, 0.1) is 5.82 Å². The second-order valence-corrected chi connectivity index (χ2v) is 5.11. The first-order valence-electron chi connectivity index (χ1n) is 6.27. The predicted molar refractivity (Wildman–Crippen MR) is 80.4 cm³/mol. The van der Waals surface area contributed by atoms with Crippen molar-refractivity contribution in [1.82, 2.24) is 9.97 Å². The summed E-state index contributed by atoms with van der Waals surface area (Å²) in [5, 5.41) is 6.46. The van der Waals surface area contributed by atoms with Gasteiger partial charge in [-0.25, -0.2) is 14.4 Å². The van der Waals surface area contributed by atoms with Gasteiger partial charge in [0.1, 0.15) is 23.8 Å². The van der Waals surface area contributed by atoms with E-state index in [4.69, 9.17) is 11.6 Å². The molecule has 0 fully saturated rings. The van der Waals surface area contributed by atoms with E-state index in [1.807, 2.05) is 13.8 Å². The molecule has 0 unspecified atom stereocenters. The number of hydrogen-bond acceptors (Lipinski definition) is 4. The topological polar surface area (TPSA) is 49.8 Å². The quantitative estimate of drug-likeness (QED) is 0.888. The zero-order chi connectivity index (χ0) is 14.7. The van der Waals surface area contributed by atoms with Crippen molar-refractivity contribution in [2.75, 3.05) is 17.7 Å². The maximum atomic E-state index is 13.4. The van der Waals surface area contributed by atoms with Crippen molar-refractivity contribution in [3.63, 3.8) is 0 Å². The van der Waals surface area contributed by atoms with Gasteiger partial charge in [0, 0.05) is 23.3 Å². The molecule has 0 bridgehead atoms. The van der Waals surface area contributed by atoms with Gasteiger partial charge >= 0.3 is 0 Å². The number of nitrogens with one attached hydrogen (secondary N) is 2. The summed E-state index contributed by atoms with van der Waals surface area (Å²) in [7, 11) is 1.80. The summed E-state index contributed by atoms with van der Waals surface area (Å²) in [6, 6.07) is 4.28. The maximum Gasteiger partial charge on any atom is 0.139 e. The van der Waals surface area contributed by atoms with Gasteiger partial charge in [-0.05, 0) is 24.1 Å². The lowest BCUT2D eigenvalue weighted by Gasteiger charge is -2.16. The van der Waals surface area contributed by atoms with Crippen LogP contribution in [0.4, 0.5) is 21.7 Å². The lowest BCUT2D eigenvalue weighted by Crippen LogP contribution is -2.07. The Morgan fingerprint density at radius 2 is 1.85 bits per heavy atom. The van der Waals surface area contributed by atoms with Gasteiger partial charge in [-0.2, -0.15) is 0 Å². The third kappa shape index (κ3) is 3.17. The van der Waals surface area contributed by atoms with Crippen molar-refractivity contribution >= 4 is 28.9 Å². The zero-order valence-electron chi connectivity index (χ0n) is 11.5. The van der Waals surface area contributed by atoms with E-state index in [9.17, 15) is 4.39 Å². The fourth-order valence-corrected chi connectivity index (χ4v) is 2.23. The van der Waals surface area contributed by atoms with E-state index >= 15 is 0 Å². The normalized spacial score (nSPS) is 10.7.